The van der Waals surface area contributed by atoms with Crippen molar-refractivity contribution in [3.8, 4) is 12.3 Å². The zero-order valence-electron chi connectivity index (χ0n) is 24.1. The number of fused-ring (bicyclic) bond motifs is 2. The van der Waals surface area contributed by atoms with E-state index in [9.17, 15) is 24.3 Å². The van der Waals surface area contributed by atoms with Gasteiger partial charge in [-0.05, 0) is 80.6 Å². The third-order valence-electron chi connectivity index (χ3n) is 7.62. The Morgan fingerprint density at radius 3 is 2.66 bits per heavy atom. The molecule has 3 atom stereocenters. The van der Waals surface area contributed by atoms with Crippen LogP contribution in [0.4, 0.5) is 5.69 Å². The smallest absolute Gasteiger partial charge is 0.326 e. The van der Waals surface area contributed by atoms with Crippen LogP contribution in [0.2, 0.25) is 0 Å². The summed E-state index contributed by atoms with van der Waals surface area (Å²) in [5.74, 6) is 1.29. The van der Waals surface area contributed by atoms with Crippen molar-refractivity contribution in [1.29, 1.82) is 0 Å². The molecule has 2 heterocycles. The van der Waals surface area contributed by atoms with Crippen molar-refractivity contribution >= 4 is 34.4 Å². The number of hydrogen-bond donors (Lipinski definition) is 5. The number of aromatic amines is 2. The number of rotatable bonds is 11. The van der Waals surface area contributed by atoms with Crippen molar-refractivity contribution in [3.63, 3.8) is 0 Å². The molecule has 0 radical (unpaired) electrons. The number of carboxylic acids is 1. The van der Waals surface area contributed by atoms with Crippen molar-refractivity contribution in [2.24, 2.45) is 0 Å². The molecule has 2 aromatic heterocycles. The first-order valence-corrected chi connectivity index (χ1v) is 14.0. The number of anilines is 1. The summed E-state index contributed by atoms with van der Waals surface area (Å²) in [4.78, 5) is 59.0. The lowest BCUT2D eigenvalue weighted by atomic mass is 10.0. The van der Waals surface area contributed by atoms with Crippen LogP contribution in [0.3, 0.4) is 0 Å². The van der Waals surface area contributed by atoms with E-state index in [1.54, 1.807) is 38.1 Å². The number of aliphatic carboxylic acids is 1. The van der Waals surface area contributed by atoms with Gasteiger partial charge in [-0.2, -0.15) is 5.21 Å². The molecule has 5 rings (SSSR count). The minimum atomic E-state index is -1.28. The van der Waals surface area contributed by atoms with Crippen molar-refractivity contribution in [3.05, 3.63) is 75.1 Å². The van der Waals surface area contributed by atoms with Crippen LogP contribution < -0.4 is 21.1 Å². The molecular weight excluding hydrogens is 566 g/mol. The van der Waals surface area contributed by atoms with Gasteiger partial charge >= 0.3 is 5.97 Å². The molecule has 0 aliphatic heterocycles. The van der Waals surface area contributed by atoms with E-state index in [0.717, 1.165) is 29.7 Å². The number of carbonyl (C=O) groups excluding carboxylic acids is 2. The summed E-state index contributed by atoms with van der Waals surface area (Å²) in [7, 11) is 0. The lowest BCUT2D eigenvalue weighted by molar-refractivity contribution is -0.139. The van der Waals surface area contributed by atoms with Crippen LogP contribution in [0, 0.1) is 19.3 Å². The quantitative estimate of drug-likeness (QED) is 0.159. The standard InChI is InChI=1S/C30H31N9O5/c1-4-13-39(25-11-7-19-14-24-22(15-21(19)25)29(42)33-17(3)32-24)20-8-5-18(6-9-20)28(41)34-23(30(43)44)10-12-26(40)31-16(2)27-35-37-38-36-27/h1,5-6,8-9,14-16,23,25H,7,10-13H2,2-3H3,(H,31,40)(H,34,41)(H,43,44)(H,32,33,42)(H,35,36,37,38)/t16-,23+,25+/m1/s1. The van der Waals surface area contributed by atoms with Gasteiger partial charge in [0.2, 0.25) is 5.91 Å². The van der Waals surface area contributed by atoms with E-state index in [2.05, 4.69) is 47.1 Å². The number of aromatic nitrogens is 6. The average Bonchev–Trinajstić information content (AvgIpc) is 3.68. The predicted molar refractivity (Wildman–Crippen MR) is 160 cm³/mol. The zero-order chi connectivity index (χ0) is 31.4. The van der Waals surface area contributed by atoms with Gasteiger partial charge in [0.05, 0.1) is 29.5 Å². The Kier molecular flexibility index (Phi) is 8.66. The number of hydrogen-bond acceptors (Lipinski definition) is 9. The normalized spacial score (nSPS) is 15.2. The number of carboxylic acid groups (broad SMARTS) is 1. The van der Waals surface area contributed by atoms with Gasteiger partial charge < -0.3 is 25.6 Å². The molecule has 0 fully saturated rings. The number of tetrazole rings is 1. The van der Waals surface area contributed by atoms with Gasteiger partial charge in [-0.25, -0.2) is 9.78 Å². The van der Waals surface area contributed by atoms with Crippen molar-refractivity contribution in [1.82, 2.24) is 41.2 Å². The number of nitrogens with one attached hydrogen (secondary N) is 4. The second-order valence-corrected chi connectivity index (χ2v) is 10.6. The number of H-pyrrole nitrogens is 2. The fourth-order valence-corrected chi connectivity index (χ4v) is 5.45. The van der Waals surface area contributed by atoms with Gasteiger partial charge in [0, 0.05) is 17.7 Å². The lowest BCUT2D eigenvalue weighted by Crippen LogP contribution is -2.41. The highest BCUT2D eigenvalue weighted by Gasteiger charge is 2.29. The summed E-state index contributed by atoms with van der Waals surface area (Å²) >= 11 is 0. The van der Waals surface area contributed by atoms with E-state index in [1.165, 1.54) is 0 Å². The summed E-state index contributed by atoms with van der Waals surface area (Å²) < 4.78 is 0. The number of amides is 2. The van der Waals surface area contributed by atoms with E-state index in [4.69, 9.17) is 6.42 Å². The number of nitrogens with zero attached hydrogens (tertiary/aromatic N) is 5. The third kappa shape index (κ3) is 6.41. The Morgan fingerprint density at radius 2 is 1.98 bits per heavy atom. The third-order valence-corrected chi connectivity index (χ3v) is 7.62. The van der Waals surface area contributed by atoms with Gasteiger partial charge in [-0.1, -0.05) is 11.1 Å². The van der Waals surface area contributed by atoms with Crippen molar-refractivity contribution in [2.45, 2.75) is 57.7 Å². The Balaban J connectivity index is 1.26. The van der Waals surface area contributed by atoms with Crippen LogP contribution in [-0.2, 0) is 16.0 Å². The first-order valence-electron chi connectivity index (χ1n) is 14.0. The maximum atomic E-state index is 13.0. The number of benzene rings is 2. The minimum absolute atomic E-state index is 0.0869. The van der Waals surface area contributed by atoms with E-state index in [1.807, 2.05) is 17.0 Å². The molecule has 2 amide bonds. The van der Waals surface area contributed by atoms with E-state index >= 15 is 0 Å². The van der Waals surface area contributed by atoms with Crippen LogP contribution in [0.15, 0.2) is 41.2 Å². The first-order chi connectivity index (χ1) is 21.1. The largest absolute Gasteiger partial charge is 0.480 e. The fraction of sp³-hybridized carbons (Fsp3) is 0.333. The average molecular weight is 598 g/mol. The Bertz CT molecular complexity index is 1790. The Labute approximate surface area is 251 Å². The molecule has 44 heavy (non-hydrogen) atoms. The maximum Gasteiger partial charge on any atom is 0.326 e. The molecule has 5 N–H and O–H groups in total. The summed E-state index contributed by atoms with van der Waals surface area (Å²) in [5.41, 5.74) is 3.60. The van der Waals surface area contributed by atoms with E-state index < -0.39 is 29.9 Å². The van der Waals surface area contributed by atoms with Gasteiger partial charge in [-0.15, -0.1) is 16.6 Å². The van der Waals surface area contributed by atoms with Crippen molar-refractivity contribution in [2.75, 3.05) is 11.4 Å². The Hall–Kier alpha value is -5.58. The lowest BCUT2D eigenvalue weighted by Gasteiger charge is -2.30. The molecule has 4 aromatic rings. The number of aryl methyl sites for hydroxylation is 2. The van der Waals surface area contributed by atoms with E-state index in [0.29, 0.717) is 29.1 Å². The molecule has 1 aliphatic carbocycles. The van der Waals surface area contributed by atoms with Gasteiger partial charge in [0.25, 0.3) is 11.5 Å². The van der Waals surface area contributed by atoms with Crippen molar-refractivity contribution < 1.29 is 19.5 Å². The first kappa shape index (κ1) is 29.9. The van der Waals surface area contributed by atoms with Gasteiger partial charge in [0.15, 0.2) is 5.82 Å². The molecule has 226 valence electrons. The molecule has 0 unspecified atom stereocenters. The summed E-state index contributed by atoms with van der Waals surface area (Å²) in [6.45, 7) is 3.71. The molecule has 0 saturated heterocycles. The highest BCUT2D eigenvalue weighted by atomic mass is 16.4. The molecule has 0 bridgehead atoms. The molecule has 14 heteroatoms. The van der Waals surface area contributed by atoms with Gasteiger partial charge in [0.1, 0.15) is 11.9 Å². The molecular formula is C30H31N9O5. The summed E-state index contributed by atoms with van der Waals surface area (Å²) in [6.07, 6.45) is 7.06. The SMILES string of the molecule is C#CCN(c1ccc(C(=O)N[C@@H](CCC(=O)N[C@H](C)c2nn[nH]n2)C(=O)O)cc1)[C@H]1CCc2cc3nc(C)[nH]c(=O)c3cc21. The number of carbonyl (C=O) groups is 3. The second kappa shape index (κ2) is 12.7. The summed E-state index contributed by atoms with van der Waals surface area (Å²) in [6, 6.07) is 8.67. The minimum Gasteiger partial charge on any atom is -0.480 e. The Morgan fingerprint density at radius 1 is 1.20 bits per heavy atom. The van der Waals surface area contributed by atoms with Crippen LogP contribution >= 0.6 is 0 Å². The fourth-order valence-electron chi connectivity index (χ4n) is 5.45. The van der Waals surface area contributed by atoms with E-state index in [-0.39, 0.29) is 30.0 Å². The van der Waals surface area contributed by atoms with Gasteiger partial charge in [-0.3, -0.25) is 14.4 Å². The summed E-state index contributed by atoms with van der Waals surface area (Å²) in [5, 5.41) is 28.7. The highest BCUT2D eigenvalue weighted by molar-refractivity contribution is 5.97. The number of terminal acetylenes is 1. The molecule has 0 saturated carbocycles. The monoisotopic (exact) mass is 597 g/mol. The molecule has 14 nitrogen and oxygen atoms in total. The second-order valence-electron chi connectivity index (χ2n) is 10.6. The molecule has 0 spiro atoms. The molecule has 2 aromatic carbocycles. The van der Waals surface area contributed by atoms with Crippen LogP contribution in [0.5, 0.6) is 0 Å². The van der Waals surface area contributed by atoms with Crippen LogP contribution in [0.25, 0.3) is 10.9 Å². The predicted octanol–water partition coefficient (Wildman–Crippen LogP) is 1.71. The zero-order valence-corrected chi connectivity index (χ0v) is 24.1. The van der Waals surface area contributed by atoms with Crippen LogP contribution in [-0.4, -0.2) is 66.1 Å². The molecule has 1 aliphatic rings. The van der Waals surface area contributed by atoms with Crippen LogP contribution in [0.1, 0.15) is 71.4 Å². The topological polar surface area (TPSA) is 199 Å². The highest BCUT2D eigenvalue weighted by Crippen LogP contribution is 2.39. The maximum absolute atomic E-state index is 13.0.